The van der Waals surface area contributed by atoms with Crippen LogP contribution < -0.4 is 5.32 Å². The maximum atomic E-state index is 3.93. The molecule has 112 valence electrons. The average molecular weight is 265 g/mol. The van der Waals surface area contributed by atoms with Crippen LogP contribution in [0.4, 0.5) is 0 Å². The van der Waals surface area contributed by atoms with Crippen LogP contribution in [0.25, 0.3) is 0 Å². The molecular weight excluding hydrogens is 230 g/mol. The molecule has 0 aromatic rings. The molecule has 2 aliphatic carbocycles. The second kappa shape index (κ2) is 7.67. The van der Waals surface area contributed by atoms with E-state index in [2.05, 4.69) is 26.1 Å². The van der Waals surface area contributed by atoms with E-state index in [0.717, 1.165) is 29.7 Å². The zero-order valence-corrected chi connectivity index (χ0v) is 13.5. The molecule has 0 aliphatic heterocycles. The van der Waals surface area contributed by atoms with Crippen LogP contribution >= 0.6 is 0 Å². The highest BCUT2D eigenvalue weighted by Crippen LogP contribution is 2.33. The van der Waals surface area contributed by atoms with E-state index in [4.69, 9.17) is 0 Å². The molecule has 0 amide bonds. The van der Waals surface area contributed by atoms with Gasteiger partial charge in [-0.15, -0.1) is 0 Å². The third kappa shape index (κ3) is 4.77. The predicted octanol–water partition coefficient (Wildman–Crippen LogP) is 5.01. The van der Waals surface area contributed by atoms with Crippen molar-refractivity contribution < 1.29 is 0 Å². The molecule has 1 heteroatoms. The molecule has 2 fully saturated rings. The lowest BCUT2D eigenvalue weighted by molar-refractivity contribution is 0.167. The van der Waals surface area contributed by atoms with E-state index < -0.39 is 0 Å². The van der Waals surface area contributed by atoms with Crippen LogP contribution in [0.5, 0.6) is 0 Å². The first-order chi connectivity index (χ1) is 9.16. The van der Waals surface area contributed by atoms with Crippen LogP contribution in [0, 0.1) is 23.7 Å². The molecule has 0 saturated heterocycles. The Morgan fingerprint density at radius 2 is 1.74 bits per heavy atom. The van der Waals surface area contributed by atoms with Crippen LogP contribution in [-0.4, -0.2) is 12.6 Å². The van der Waals surface area contributed by atoms with E-state index in [1.54, 1.807) is 0 Å². The molecule has 2 rings (SSSR count). The zero-order chi connectivity index (χ0) is 13.7. The van der Waals surface area contributed by atoms with Gasteiger partial charge in [0.15, 0.2) is 0 Å². The monoisotopic (exact) mass is 265 g/mol. The van der Waals surface area contributed by atoms with E-state index in [0.29, 0.717) is 0 Å². The molecule has 3 unspecified atom stereocenters. The fourth-order valence-corrected chi connectivity index (χ4v) is 4.39. The van der Waals surface area contributed by atoms with Crippen molar-refractivity contribution in [1.29, 1.82) is 0 Å². The molecular formula is C18H35N. The third-order valence-electron chi connectivity index (χ3n) is 5.71. The summed E-state index contributed by atoms with van der Waals surface area (Å²) in [5.41, 5.74) is 0. The highest BCUT2D eigenvalue weighted by atomic mass is 14.9. The van der Waals surface area contributed by atoms with Crippen molar-refractivity contribution in [2.24, 2.45) is 23.7 Å². The van der Waals surface area contributed by atoms with Crippen LogP contribution in [0.2, 0.25) is 0 Å². The number of rotatable bonds is 5. The molecule has 1 N–H and O–H groups in total. The van der Waals surface area contributed by atoms with Gasteiger partial charge in [0.05, 0.1) is 0 Å². The fraction of sp³-hybridized carbons (Fsp3) is 1.00. The summed E-state index contributed by atoms with van der Waals surface area (Å²) in [7, 11) is 0. The minimum atomic E-state index is 0.798. The quantitative estimate of drug-likeness (QED) is 0.737. The van der Waals surface area contributed by atoms with Crippen LogP contribution in [0.15, 0.2) is 0 Å². The zero-order valence-electron chi connectivity index (χ0n) is 13.5. The summed E-state index contributed by atoms with van der Waals surface area (Å²) in [6.07, 6.45) is 13.2. The summed E-state index contributed by atoms with van der Waals surface area (Å²) in [4.78, 5) is 0. The van der Waals surface area contributed by atoms with Gasteiger partial charge in [0.1, 0.15) is 0 Å². The molecule has 1 nitrogen and oxygen atoms in total. The van der Waals surface area contributed by atoms with Crippen LogP contribution in [-0.2, 0) is 0 Å². The highest BCUT2D eigenvalue weighted by Gasteiger charge is 2.30. The topological polar surface area (TPSA) is 12.0 Å². The van der Waals surface area contributed by atoms with Crippen LogP contribution in [0.1, 0.15) is 78.6 Å². The Hall–Kier alpha value is -0.0400. The molecule has 0 aromatic heterocycles. The summed E-state index contributed by atoms with van der Waals surface area (Å²) in [6, 6.07) is 0.798. The van der Waals surface area contributed by atoms with Crippen molar-refractivity contribution in [3.63, 3.8) is 0 Å². The standard InChI is InChI=1S/C18H35N/c1-14(2)17-10-9-15(3)13-18(17)19-12-11-16-7-5-4-6-8-16/h14-19H,4-13H2,1-3H3. The minimum Gasteiger partial charge on any atom is -0.314 e. The molecule has 2 aliphatic rings. The average Bonchev–Trinajstić information content (AvgIpc) is 2.39. The molecule has 19 heavy (non-hydrogen) atoms. The second-order valence-electron chi connectivity index (χ2n) is 7.68. The normalized spacial score (nSPS) is 33.8. The SMILES string of the molecule is CC1CCC(C(C)C)C(NCCC2CCCCC2)C1. The molecule has 0 heterocycles. The maximum Gasteiger partial charge on any atom is 0.0100 e. The van der Waals surface area contributed by atoms with Crippen molar-refractivity contribution in [3.8, 4) is 0 Å². The number of nitrogens with one attached hydrogen (secondary N) is 1. The van der Waals surface area contributed by atoms with Gasteiger partial charge in [-0.2, -0.15) is 0 Å². The van der Waals surface area contributed by atoms with Gasteiger partial charge < -0.3 is 5.32 Å². The Kier molecular flexibility index (Phi) is 6.19. The lowest BCUT2D eigenvalue weighted by atomic mass is 9.74. The Morgan fingerprint density at radius 1 is 1.00 bits per heavy atom. The largest absolute Gasteiger partial charge is 0.314 e. The molecule has 0 spiro atoms. The molecule has 0 radical (unpaired) electrons. The Morgan fingerprint density at radius 3 is 2.42 bits per heavy atom. The first-order valence-electron chi connectivity index (χ1n) is 8.90. The number of hydrogen-bond donors (Lipinski definition) is 1. The predicted molar refractivity (Wildman–Crippen MR) is 84.3 cm³/mol. The minimum absolute atomic E-state index is 0.798. The van der Waals surface area contributed by atoms with Gasteiger partial charge in [0.25, 0.3) is 0 Å². The lowest BCUT2D eigenvalue weighted by Gasteiger charge is -2.38. The van der Waals surface area contributed by atoms with Gasteiger partial charge in [-0.3, -0.25) is 0 Å². The fourth-order valence-electron chi connectivity index (χ4n) is 4.39. The summed E-state index contributed by atoms with van der Waals surface area (Å²) < 4.78 is 0. The highest BCUT2D eigenvalue weighted by molar-refractivity contribution is 4.85. The Balaban J connectivity index is 1.72. The van der Waals surface area contributed by atoms with Gasteiger partial charge in [-0.25, -0.2) is 0 Å². The van der Waals surface area contributed by atoms with Gasteiger partial charge in [-0.1, -0.05) is 59.3 Å². The van der Waals surface area contributed by atoms with Crippen molar-refractivity contribution >= 4 is 0 Å². The van der Waals surface area contributed by atoms with E-state index in [-0.39, 0.29) is 0 Å². The number of hydrogen-bond acceptors (Lipinski definition) is 1. The Bertz CT molecular complexity index is 242. The van der Waals surface area contributed by atoms with Gasteiger partial charge in [0.2, 0.25) is 0 Å². The summed E-state index contributed by atoms with van der Waals surface area (Å²) in [5, 5.41) is 3.93. The van der Waals surface area contributed by atoms with Crippen LogP contribution in [0.3, 0.4) is 0 Å². The van der Waals surface area contributed by atoms with Gasteiger partial charge in [0, 0.05) is 6.04 Å². The maximum absolute atomic E-state index is 3.93. The first kappa shape index (κ1) is 15.4. The summed E-state index contributed by atoms with van der Waals surface area (Å²) >= 11 is 0. The lowest BCUT2D eigenvalue weighted by Crippen LogP contribution is -2.43. The van der Waals surface area contributed by atoms with Gasteiger partial charge >= 0.3 is 0 Å². The van der Waals surface area contributed by atoms with E-state index in [1.165, 1.54) is 64.3 Å². The second-order valence-corrected chi connectivity index (χ2v) is 7.68. The van der Waals surface area contributed by atoms with Crippen molar-refractivity contribution in [3.05, 3.63) is 0 Å². The molecule has 3 atom stereocenters. The molecule has 0 bridgehead atoms. The summed E-state index contributed by atoms with van der Waals surface area (Å²) in [5.74, 6) is 3.73. The Labute approximate surface area is 120 Å². The van der Waals surface area contributed by atoms with E-state index in [1.807, 2.05) is 0 Å². The summed E-state index contributed by atoms with van der Waals surface area (Å²) in [6.45, 7) is 8.53. The van der Waals surface area contributed by atoms with Crippen molar-refractivity contribution in [2.75, 3.05) is 6.54 Å². The van der Waals surface area contributed by atoms with Crippen molar-refractivity contribution in [1.82, 2.24) is 5.32 Å². The molecule has 2 saturated carbocycles. The van der Waals surface area contributed by atoms with E-state index in [9.17, 15) is 0 Å². The van der Waals surface area contributed by atoms with Gasteiger partial charge in [-0.05, 0) is 49.5 Å². The molecule has 0 aromatic carbocycles. The first-order valence-corrected chi connectivity index (χ1v) is 8.90. The van der Waals surface area contributed by atoms with E-state index >= 15 is 0 Å². The smallest absolute Gasteiger partial charge is 0.0100 e. The third-order valence-corrected chi connectivity index (χ3v) is 5.71. The van der Waals surface area contributed by atoms with Crippen molar-refractivity contribution in [2.45, 2.75) is 84.6 Å².